The molecule has 0 bridgehead atoms. The van der Waals surface area contributed by atoms with Crippen molar-refractivity contribution >= 4 is 5.84 Å². The van der Waals surface area contributed by atoms with Crippen LogP contribution in [0.1, 0.15) is 30.3 Å². The number of rotatable bonds is 5. The van der Waals surface area contributed by atoms with Gasteiger partial charge in [-0.2, -0.15) is 5.10 Å². The first kappa shape index (κ1) is 14.0. The minimum Gasteiger partial charge on any atom is -0.453 e. The second-order valence-electron chi connectivity index (χ2n) is 4.68. The molecule has 0 radical (unpaired) electrons. The number of ether oxygens (including phenoxy) is 1. The lowest BCUT2D eigenvalue weighted by molar-refractivity contribution is 0.477. The van der Waals surface area contributed by atoms with Gasteiger partial charge in [-0.05, 0) is 20.3 Å². The summed E-state index contributed by atoms with van der Waals surface area (Å²) in [6.07, 6.45) is 4.50. The van der Waals surface area contributed by atoms with Crippen molar-refractivity contribution in [2.45, 2.75) is 33.7 Å². The first-order valence-electron chi connectivity index (χ1n) is 6.54. The summed E-state index contributed by atoms with van der Waals surface area (Å²) in [6, 6.07) is 1.78. The number of nitrogens with two attached hydrogens (primary N) is 1. The van der Waals surface area contributed by atoms with Crippen molar-refractivity contribution in [2.75, 3.05) is 0 Å². The Labute approximate surface area is 118 Å². The molecule has 0 aliphatic heterocycles. The van der Waals surface area contributed by atoms with Crippen molar-refractivity contribution in [3.8, 4) is 11.5 Å². The van der Waals surface area contributed by atoms with E-state index in [-0.39, 0.29) is 5.84 Å². The molecular weight excluding hydrogens is 254 g/mol. The van der Waals surface area contributed by atoms with Gasteiger partial charge in [0, 0.05) is 18.3 Å². The normalized spacial score (nSPS) is 10.6. The fourth-order valence-electron chi connectivity index (χ4n) is 2.08. The van der Waals surface area contributed by atoms with E-state index in [1.54, 1.807) is 12.3 Å². The van der Waals surface area contributed by atoms with E-state index in [1.807, 2.05) is 24.7 Å². The standard InChI is InChI=1S/C14H19N5O/c1-4-5-19-8-11(7-17-19)20-12-6-9(2)18-10(3)13(12)14(15)16/h6-8H,4-5H2,1-3H3,(H3,15,16). The zero-order valence-electron chi connectivity index (χ0n) is 12.0. The number of nitrogens with one attached hydrogen (secondary N) is 1. The predicted molar refractivity (Wildman–Crippen MR) is 77.3 cm³/mol. The van der Waals surface area contributed by atoms with Crippen LogP contribution in [0.2, 0.25) is 0 Å². The second kappa shape index (κ2) is 5.73. The second-order valence-corrected chi connectivity index (χ2v) is 4.68. The lowest BCUT2D eigenvalue weighted by Crippen LogP contribution is -2.15. The van der Waals surface area contributed by atoms with Crippen LogP contribution >= 0.6 is 0 Å². The van der Waals surface area contributed by atoms with Gasteiger partial charge in [-0.15, -0.1) is 0 Å². The minimum atomic E-state index is -0.0500. The molecule has 3 N–H and O–H groups in total. The first-order valence-corrected chi connectivity index (χ1v) is 6.54. The molecule has 0 aliphatic carbocycles. The number of hydrogen-bond acceptors (Lipinski definition) is 4. The van der Waals surface area contributed by atoms with Gasteiger partial charge >= 0.3 is 0 Å². The van der Waals surface area contributed by atoms with E-state index < -0.39 is 0 Å². The van der Waals surface area contributed by atoms with Gasteiger partial charge in [-0.3, -0.25) is 15.1 Å². The van der Waals surface area contributed by atoms with E-state index in [0.717, 1.165) is 18.7 Å². The molecule has 0 spiro atoms. The average Bonchev–Trinajstić information content (AvgIpc) is 2.75. The van der Waals surface area contributed by atoms with Gasteiger partial charge in [0.2, 0.25) is 0 Å². The average molecular weight is 273 g/mol. The third kappa shape index (κ3) is 2.96. The Morgan fingerprint density at radius 1 is 1.45 bits per heavy atom. The number of aromatic nitrogens is 3. The van der Waals surface area contributed by atoms with E-state index in [0.29, 0.717) is 22.8 Å². The Morgan fingerprint density at radius 3 is 2.85 bits per heavy atom. The molecular formula is C14H19N5O. The van der Waals surface area contributed by atoms with Crippen LogP contribution in [0, 0.1) is 19.3 Å². The molecule has 0 amide bonds. The number of aryl methyl sites for hydroxylation is 3. The summed E-state index contributed by atoms with van der Waals surface area (Å²) < 4.78 is 7.64. The third-order valence-electron chi connectivity index (χ3n) is 2.85. The van der Waals surface area contributed by atoms with Crippen LogP contribution in [-0.4, -0.2) is 20.6 Å². The topological polar surface area (TPSA) is 89.8 Å². The Kier molecular flexibility index (Phi) is 4.02. The van der Waals surface area contributed by atoms with Crippen LogP contribution in [0.15, 0.2) is 18.5 Å². The van der Waals surface area contributed by atoms with Gasteiger partial charge in [-0.25, -0.2) is 0 Å². The van der Waals surface area contributed by atoms with Crippen molar-refractivity contribution in [1.82, 2.24) is 14.8 Å². The highest BCUT2D eigenvalue weighted by Crippen LogP contribution is 2.27. The fraction of sp³-hybridized carbons (Fsp3) is 0.357. The molecule has 6 heteroatoms. The molecule has 0 saturated carbocycles. The summed E-state index contributed by atoms with van der Waals surface area (Å²) in [5.74, 6) is 1.12. The van der Waals surface area contributed by atoms with Crippen molar-refractivity contribution in [1.29, 1.82) is 5.41 Å². The van der Waals surface area contributed by atoms with Crippen molar-refractivity contribution < 1.29 is 4.74 Å². The van der Waals surface area contributed by atoms with Gasteiger partial charge < -0.3 is 10.5 Å². The molecule has 2 aromatic rings. The Morgan fingerprint density at radius 2 is 2.20 bits per heavy atom. The highest BCUT2D eigenvalue weighted by atomic mass is 16.5. The molecule has 20 heavy (non-hydrogen) atoms. The molecule has 0 unspecified atom stereocenters. The summed E-state index contributed by atoms with van der Waals surface area (Å²) in [6.45, 7) is 6.63. The number of nitrogens with zero attached hydrogens (tertiary/aromatic N) is 3. The summed E-state index contributed by atoms with van der Waals surface area (Å²) in [4.78, 5) is 4.31. The molecule has 2 heterocycles. The third-order valence-corrected chi connectivity index (χ3v) is 2.85. The molecule has 2 rings (SSSR count). The van der Waals surface area contributed by atoms with Crippen LogP contribution < -0.4 is 10.5 Å². The lowest BCUT2D eigenvalue weighted by Gasteiger charge is -2.11. The van der Waals surface area contributed by atoms with Crippen LogP contribution in [0.5, 0.6) is 11.5 Å². The quantitative estimate of drug-likeness (QED) is 0.646. The Balaban J connectivity index is 2.34. The number of amidine groups is 1. The smallest absolute Gasteiger partial charge is 0.165 e. The Hall–Kier alpha value is -2.37. The maximum absolute atomic E-state index is 7.66. The van der Waals surface area contributed by atoms with Crippen molar-refractivity contribution in [3.63, 3.8) is 0 Å². The first-order chi connectivity index (χ1) is 9.51. The van der Waals surface area contributed by atoms with Crippen molar-refractivity contribution in [2.24, 2.45) is 5.73 Å². The van der Waals surface area contributed by atoms with Crippen LogP contribution in [0.25, 0.3) is 0 Å². The zero-order valence-corrected chi connectivity index (χ0v) is 12.0. The van der Waals surface area contributed by atoms with Gasteiger partial charge in [0.05, 0.1) is 23.7 Å². The van der Waals surface area contributed by atoms with Gasteiger partial charge in [-0.1, -0.05) is 6.92 Å². The van der Waals surface area contributed by atoms with Crippen LogP contribution in [0.3, 0.4) is 0 Å². The molecule has 106 valence electrons. The molecule has 6 nitrogen and oxygen atoms in total. The van der Waals surface area contributed by atoms with Gasteiger partial charge in [0.15, 0.2) is 5.75 Å². The SMILES string of the molecule is CCCn1cc(Oc2cc(C)nc(C)c2C(=N)N)cn1. The molecule has 0 fully saturated rings. The Bertz CT molecular complexity index is 632. The fourth-order valence-corrected chi connectivity index (χ4v) is 2.08. The van der Waals surface area contributed by atoms with Gasteiger partial charge in [0.25, 0.3) is 0 Å². The molecule has 0 saturated heterocycles. The summed E-state index contributed by atoms with van der Waals surface area (Å²) in [7, 11) is 0. The van der Waals surface area contributed by atoms with E-state index in [4.69, 9.17) is 15.9 Å². The lowest BCUT2D eigenvalue weighted by atomic mass is 10.1. The summed E-state index contributed by atoms with van der Waals surface area (Å²) in [5.41, 5.74) is 7.65. The van der Waals surface area contributed by atoms with Gasteiger partial charge in [0.1, 0.15) is 11.6 Å². The van der Waals surface area contributed by atoms with E-state index in [9.17, 15) is 0 Å². The highest BCUT2D eigenvalue weighted by Gasteiger charge is 2.14. The predicted octanol–water partition coefficient (Wildman–Crippen LogP) is 2.38. The largest absolute Gasteiger partial charge is 0.453 e. The monoisotopic (exact) mass is 273 g/mol. The molecule has 0 atom stereocenters. The number of nitrogen functional groups attached to an aromatic ring is 1. The number of pyridine rings is 1. The number of hydrogen-bond donors (Lipinski definition) is 2. The summed E-state index contributed by atoms with van der Waals surface area (Å²) >= 11 is 0. The van der Waals surface area contributed by atoms with E-state index in [2.05, 4.69) is 17.0 Å². The molecule has 0 aliphatic rings. The summed E-state index contributed by atoms with van der Waals surface area (Å²) in [5, 5.41) is 11.9. The zero-order chi connectivity index (χ0) is 14.7. The van der Waals surface area contributed by atoms with Crippen LogP contribution in [0.4, 0.5) is 0 Å². The maximum atomic E-state index is 7.66. The highest BCUT2D eigenvalue weighted by molar-refractivity contribution is 5.98. The minimum absolute atomic E-state index is 0.0500. The van der Waals surface area contributed by atoms with E-state index in [1.165, 1.54) is 0 Å². The van der Waals surface area contributed by atoms with Crippen LogP contribution in [-0.2, 0) is 6.54 Å². The van der Waals surface area contributed by atoms with E-state index >= 15 is 0 Å². The van der Waals surface area contributed by atoms with Crippen molar-refractivity contribution in [3.05, 3.63) is 35.4 Å². The molecule has 0 aromatic carbocycles. The molecule has 2 aromatic heterocycles. The maximum Gasteiger partial charge on any atom is 0.165 e.